The smallest absolute Gasteiger partial charge is 0.0715 e. The van der Waals surface area contributed by atoms with E-state index in [2.05, 4.69) is 6.07 Å². The molecule has 0 saturated heterocycles. The van der Waals surface area contributed by atoms with Gasteiger partial charge in [-0.25, -0.2) is 0 Å². The normalized spacial score (nSPS) is 11.8. The molecule has 0 bridgehead atoms. The second-order valence-corrected chi connectivity index (χ2v) is 5.27. The average molecular weight is 290 g/mol. The largest absolute Gasteiger partial charge is 0.198 e. The SMILES string of the molecule is N#C[C@H](CCc1ccc(Cl)cc1)c1ccc(Cl)cc1. The Bertz CT molecular complexity index is 567. The second-order valence-electron chi connectivity index (χ2n) is 4.40. The van der Waals surface area contributed by atoms with Crippen LogP contribution in [0.15, 0.2) is 48.5 Å². The van der Waals surface area contributed by atoms with Crippen molar-refractivity contribution >= 4 is 23.2 Å². The Morgan fingerprint density at radius 1 is 0.895 bits per heavy atom. The molecule has 3 heteroatoms. The van der Waals surface area contributed by atoms with Gasteiger partial charge in [0.1, 0.15) is 0 Å². The third kappa shape index (κ3) is 3.99. The van der Waals surface area contributed by atoms with E-state index < -0.39 is 0 Å². The molecule has 19 heavy (non-hydrogen) atoms. The molecule has 0 saturated carbocycles. The molecule has 0 N–H and O–H groups in total. The number of rotatable bonds is 4. The van der Waals surface area contributed by atoms with Crippen LogP contribution >= 0.6 is 23.2 Å². The predicted molar refractivity (Wildman–Crippen MR) is 79.6 cm³/mol. The zero-order chi connectivity index (χ0) is 13.7. The van der Waals surface area contributed by atoms with Gasteiger partial charge in [-0.15, -0.1) is 0 Å². The fourth-order valence-electron chi connectivity index (χ4n) is 1.96. The summed E-state index contributed by atoms with van der Waals surface area (Å²) in [4.78, 5) is 0. The number of nitrogens with zero attached hydrogens (tertiary/aromatic N) is 1. The summed E-state index contributed by atoms with van der Waals surface area (Å²) in [5.74, 6) is -0.104. The van der Waals surface area contributed by atoms with E-state index in [1.807, 2.05) is 48.5 Å². The van der Waals surface area contributed by atoms with Crippen LogP contribution in [0, 0.1) is 11.3 Å². The Balaban J connectivity index is 2.02. The van der Waals surface area contributed by atoms with Gasteiger partial charge >= 0.3 is 0 Å². The van der Waals surface area contributed by atoms with E-state index in [0.29, 0.717) is 5.02 Å². The molecule has 1 atom stereocenters. The zero-order valence-electron chi connectivity index (χ0n) is 10.3. The highest BCUT2D eigenvalue weighted by Crippen LogP contribution is 2.23. The summed E-state index contributed by atoms with van der Waals surface area (Å²) >= 11 is 11.7. The zero-order valence-corrected chi connectivity index (χ0v) is 11.8. The average Bonchev–Trinajstić information content (AvgIpc) is 2.43. The molecule has 0 fully saturated rings. The summed E-state index contributed by atoms with van der Waals surface area (Å²) in [5.41, 5.74) is 2.21. The Hall–Kier alpha value is -1.49. The topological polar surface area (TPSA) is 23.8 Å². The molecule has 2 aromatic rings. The van der Waals surface area contributed by atoms with E-state index >= 15 is 0 Å². The van der Waals surface area contributed by atoms with Gasteiger partial charge in [-0.3, -0.25) is 0 Å². The molecule has 0 aliphatic rings. The van der Waals surface area contributed by atoms with Gasteiger partial charge in [0.05, 0.1) is 12.0 Å². The third-order valence-corrected chi connectivity index (χ3v) is 3.57. The van der Waals surface area contributed by atoms with Crippen molar-refractivity contribution in [2.45, 2.75) is 18.8 Å². The van der Waals surface area contributed by atoms with Gasteiger partial charge in [0, 0.05) is 10.0 Å². The molecular weight excluding hydrogens is 277 g/mol. The Morgan fingerprint density at radius 3 is 1.95 bits per heavy atom. The third-order valence-electron chi connectivity index (χ3n) is 3.06. The molecule has 0 amide bonds. The van der Waals surface area contributed by atoms with Crippen molar-refractivity contribution in [1.29, 1.82) is 5.26 Å². The minimum absolute atomic E-state index is 0.104. The van der Waals surface area contributed by atoms with E-state index in [1.165, 1.54) is 5.56 Å². The highest BCUT2D eigenvalue weighted by molar-refractivity contribution is 6.30. The molecular formula is C16H13Cl2N. The highest BCUT2D eigenvalue weighted by atomic mass is 35.5. The van der Waals surface area contributed by atoms with Crippen LogP contribution in [0.5, 0.6) is 0 Å². The van der Waals surface area contributed by atoms with Crippen molar-refractivity contribution in [1.82, 2.24) is 0 Å². The van der Waals surface area contributed by atoms with Crippen LogP contribution in [0.4, 0.5) is 0 Å². The first-order chi connectivity index (χ1) is 9.19. The maximum Gasteiger partial charge on any atom is 0.0715 e. The molecule has 2 rings (SSSR count). The summed E-state index contributed by atoms with van der Waals surface area (Å²) in [6.45, 7) is 0. The first-order valence-corrected chi connectivity index (χ1v) is 6.84. The summed E-state index contributed by atoms with van der Waals surface area (Å²) in [6, 6.07) is 17.6. The van der Waals surface area contributed by atoms with Crippen molar-refractivity contribution in [3.8, 4) is 6.07 Å². The van der Waals surface area contributed by atoms with Crippen molar-refractivity contribution in [2.75, 3.05) is 0 Å². The lowest BCUT2D eigenvalue weighted by Crippen LogP contribution is -1.98. The van der Waals surface area contributed by atoms with Crippen molar-refractivity contribution in [3.05, 3.63) is 69.7 Å². The maximum absolute atomic E-state index is 9.27. The van der Waals surface area contributed by atoms with Crippen LogP contribution in [0.25, 0.3) is 0 Å². The molecule has 96 valence electrons. The van der Waals surface area contributed by atoms with Gasteiger partial charge in [-0.05, 0) is 48.2 Å². The highest BCUT2D eigenvalue weighted by Gasteiger charge is 2.10. The number of hydrogen-bond donors (Lipinski definition) is 0. The Kier molecular flexibility index (Phi) is 4.85. The van der Waals surface area contributed by atoms with Crippen molar-refractivity contribution in [3.63, 3.8) is 0 Å². The fraction of sp³-hybridized carbons (Fsp3) is 0.188. The molecule has 1 nitrogen and oxygen atoms in total. The van der Waals surface area contributed by atoms with Gasteiger partial charge < -0.3 is 0 Å². The summed E-state index contributed by atoms with van der Waals surface area (Å²) in [7, 11) is 0. The first-order valence-electron chi connectivity index (χ1n) is 6.08. The van der Waals surface area contributed by atoms with Crippen LogP contribution in [0.2, 0.25) is 10.0 Å². The fourth-order valence-corrected chi connectivity index (χ4v) is 2.21. The van der Waals surface area contributed by atoms with Crippen LogP contribution in [-0.2, 0) is 6.42 Å². The van der Waals surface area contributed by atoms with Gasteiger partial charge in [0.2, 0.25) is 0 Å². The Labute approximate surface area is 123 Å². The first kappa shape index (κ1) is 13.9. The van der Waals surface area contributed by atoms with E-state index in [0.717, 1.165) is 23.4 Å². The number of benzene rings is 2. The van der Waals surface area contributed by atoms with Gasteiger partial charge in [0.25, 0.3) is 0 Å². The molecule has 0 radical (unpaired) electrons. The minimum atomic E-state index is -0.104. The molecule has 0 heterocycles. The minimum Gasteiger partial charge on any atom is -0.198 e. The van der Waals surface area contributed by atoms with E-state index in [9.17, 15) is 5.26 Å². The van der Waals surface area contributed by atoms with E-state index in [4.69, 9.17) is 23.2 Å². The monoisotopic (exact) mass is 289 g/mol. The number of halogens is 2. The van der Waals surface area contributed by atoms with Crippen molar-refractivity contribution in [2.24, 2.45) is 0 Å². The van der Waals surface area contributed by atoms with Crippen LogP contribution in [0.1, 0.15) is 23.5 Å². The lowest BCUT2D eigenvalue weighted by atomic mass is 9.94. The summed E-state index contributed by atoms with van der Waals surface area (Å²) in [5, 5.41) is 10.7. The number of nitriles is 1. The van der Waals surface area contributed by atoms with Crippen LogP contribution < -0.4 is 0 Å². The maximum atomic E-state index is 9.27. The summed E-state index contributed by atoms with van der Waals surface area (Å²) < 4.78 is 0. The second kappa shape index (κ2) is 6.61. The van der Waals surface area contributed by atoms with Gasteiger partial charge in [0.15, 0.2) is 0 Å². The molecule has 0 aromatic heterocycles. The lowest BCUT2D eigenvalue weighted by molar-refractivity contribution is 0.746. The standard InChI is InChI=1S/C16H13Cl2N/c17-15-7-2-12(3-8-15)1-4-14(11-19)13-5-9-16(18)10-6-13/h2-3,5-10,14H,1,4H2/t14-/m0/s1. The number of hydrogen-bond acceptors (Lipinski definition) is 1. The molecule has 0 unspecified atom stereocenters. The molecule has 0 spiro atoms. The Morgan fingerprint density at radius 2 is 1.42 bits per heavy atom. The van der Waals surface area contributed by atoms with Gasteiger partial charge in [-0.1, -0.05) is 47.5 Å². The van der Waals surface area contributed by atoms with Crippen LogP contribution in [-0.4, -0.2) is 0 Å². The van der Waals surface area contributed by atoms with E-state index in [-0.39, 0.29) is 5.92 Å². The quantitative estimate of drug-likeness (QED) is 0.756. The number of aryl methyl sites for hydroxylation is 1. The van der Waals surface area contributed by atoms with E-state index in [1.54, 1.807) is 0 Å². The predicted octanol–water partition coefficient (Wildman–Crippen LogP) is 5.23. The van der Waals surface area contributed by atoms with Gasteiger partial charge in [-0.2, -0.15) is 5.26 Å². The lowest BCUT2D eigenvalue weighted by Gasteiger charge is -2.09. The summed E-state index contributed by atoms with van der Waals surface area (Å²) in [6.07, 6.45) is 1.65. The van der Waals surface area contributed by atoms with Crippen molar-refractivity contribution < 1.29 is 0 Å². The van der Waals surface area contributed by atoms with Crippen LogP contribution in [0.3, 0.4) is 0 Å². The molecule has 2 aromatic carbocycles. The molecule has 0 aliphatic heterocycles. The molecule has 0 aliphatic carbocycles.